The maximum Gasteiger partial charge on any atom is 0.347 e. The summed E-state index contributed by atoms with van der Waals surface area (Å²) in [6, 6.07) is 14.0. The number of Topliss-reactive ketones (excluding diaryl/α,β-unsaturated/α-hetero) is 1. The van der Waals surface area contributed by atoms with Gasteiger partial charge in [0.15, 0.2) is 12.2 Å². The van der Waals surface area contributed by atoms with Gasteiger partial charge in [0.25, 0.3) is 0 Å². The third-order valence-electron chi connectivity index (χ3n) is 4.89. The molecule has 0 atom stereocenters. The highest BCUT2D eigenvalue weighted by Crippen LogP contribution is 2.24. The fourth-order valence-electron chi connectivity index (χ4n) is 3.18. The Kier molecular flexibility index (Phi) is 5.10. The maximum atomic E-state index is 12.6. The number of carbonyl (C=O) groups excluding carboxylic acids is 2. The Labute approximate surface area is 171 Å². The Bertz CT molecular complexity index is 1240. The van der Waals surface area contributed by atoms with Crippen LogP contribution in [-0.4, -0.2) is 18.4 Å². The van der Waals surface area contributed by atoms with Gasteiger partial charge in [0.05, 0.1) is 0 Å². The van der Waals surface area contributed by atoms with Gasteiger partial charge in [-0.3, -0.25) is 4.79 Å². The van der Waals surface area contributed by atoms with Crippen molar-refractivity contribution in [3.63, 3.8) is 0 Å². The number of benzene rings is 2. The highest BCUT2D eigenvalue weighted by Gasteiger charge is 2.32. The molecule has 0 spiro atoms. The molecule has 152 valence electrons. The van der Waals surface area contributed by atoms with Crippen molar-refractivity contribution in [1.29, 1.82) is 0 Å². The minimum Gasteiger partial charge on any atom is -0.470 e. The van der Waals surface area contributed by atoms with Crippen LogP contribution < -0.4 is 10.9 Å². The Balaban J connectivity index is 1.59. The van der Waals surface area contributed by atoms with Crippen molar-refractivity contribution in [3.05, 3.63) is 87.1 Å². The number of fused-ring (bicyclic) bond motifs is 1. The van der Waals surface area contributed by atoms with Crippen molar-refractivity contribution in [2.24, 2.45) is 0 Å². The van der Waals surface area contributed by atoms with Crippen LogP contribution in [0.2, 0.25) is 0 Å². The molecule has 1 N–H and O–H groups in total. The second kappa shape index (κ2) is 7.87. The fourth-order valence-corrected chi connectivity index (χ4v) is 3.18. The van der Waals surface area contributed by atoms with Crippen LogP contribution in [0.4, 0.5) is 5.69 Å². The summed E-state index contributed by atoms with van der Waals surface area (Å²) in [5, 5.41) is 3.60. The average Bonchev–Trinajstić information content (AvgIpc) is 3.08. The average molecular weight is 405 g/mol. The van der Waals surface area contributed by atoms with Gasteiger partial charge >= 0.3 is 11.6 Å². The van der Waals surface area contributed by atoms with E-state index in [-0.39, 0.29) is 24.7 Å². The van der Waals surface area contributed by atoms with E-state index in [9.17, 15) is 14.4 Å². The summed E-state index contributed by atoms with van der Waals surface area (Å²) in [5.41, 5.74) is 2.87. The largest absolute Gasteiger partial charge is 0.470 e. The topological polar surface area (TPSA) is 94.8 Å². The van der Waals surface area contributed by atoms with Crippen LogP contribution in [0.25, 0.3) is 11.0 Å². The third-order valence-corrected chi connectivity index (χ3v) is 4.89. The second-order valence-electron chi connectivity index (χ2n) is 7.01. The van der Waals surface area contributed by atoms with Crippen LogP contribution in [-0.2, 0) is 25.7 Å². The zero-order chi connectivity index (χ0) is 21.3. The van der Waals surface area contributed by atoms with Crippen LogP contribution in [0.5, 0.6) is 0 Å². The SMILES string of the molecule is Cc1cc2oc(=O)cc(COC(=O)C3=C(Nc4ccccc4)OCC3=O)c2cc1C. The summed E-state index contributed by atoms with van der Waals surface area (Å²) in [6.45, 7) is 3.44. The summed E-state index contributed by atoms with van der Waals surface area (Å²) in [5.74, 6) is -1.23. The number of hydrogen-bond acceptors (Lipinski definition) is 7. The number of ketones is 1. The van der Waals surface area contributed by atoms with E-state index in [1.165, 1.54) is 6.07 Å². The van der Waals surface area contributed by atoms with Gasteiger partial charge in [-0.05, 0) is 49.2 Å². The quantitative estimate of drug-likeness (QED) is 0.395. The molecule has 0 amide bonds. The number of anilines is 1. The Morgan fingerprint density at radius 1 is 1.07 bits per heavy atom. The van der Waals surface area contributed by atoms with Gasteiger partial charge in [0, 0.05) is 22.7 Å². The van der Waals surface area contributed by atoms with Crippen molar-refractivity contribution >= 4 is 28.4 Å². The van der Waals surface area contributed by atoms with Gasteiger partial charge < -0.3 is 19.2 Å². The first kappa shape index (κ1) is 19.4. The molecule has 0 aliphatic carbocycles. The summed E-state index contributed by atoms with van der Waals surface area (Å²) in [7, 11) is 0. The van der Waals surface area contributed by atoms with Gasteiger partial charge in [0.1, 0.15) is 12.2 Å². The summed E-state index contributed by atoms with van der Waals surface area (Å²) >= 11 is 0. The Hall–Kier alpha value is -3.87. The molecule has 1 aromatic heterocycles. The van der Waals surface area contributed by atoms with Gasteiger partial charge in [-0.2, -0.15) is 0 Å². The number of ether oxygens (including phenoxy) is 2. The minimum atomic E-state index is -0.818. The first-order chi connectivity index (χ1) is 14.4. The summed E-state index contributed by atoms with van der Waals surface area (Å²) in [6.07, 6.45) is 0. The molecular formula is C23H19NO6. The molecular weight excluding hydrogens is 386 g/mol. The lowest BCUT2D eigenvalue weighted by molar-refractivity contribution is -0.141. The zero-order valence-electron chi connectivity index (χ0n) is 16.5. The van der Waals surface area contributed by atoms with E-state index in [4.69, 9.17) is 13.9 Å². The second-order valence-corrected chi connectivity index (χ2v) is 7.01. The van der Waals surface area contributed by atoms with Crippen molar-refractivity contribution in [2.45, 2.75) is 20.5 Å². The normalized spacial score (nSPS) is 13.5. The molecule has 0 fully saturated rings. The molecule has 4 rings (SSSR count). The van der Waals surface area contributed by atoms with Crippen LogP contribution in [0.3, 0.4) is 0 Å². The molecule has 0 saturated carbocycles. The molecule has 0 unspecified atom stereocenters. The van der Waals surface area contributed by atoms with Gasteiger partial charge in [-0.25, -0.2) is 9.59 Å². The van der Waals surface area contributed by atoms with E-state index in [2.05, 4.69) is 5.32 Å². The predicted molar refractivity (Wildman–Crippen MR) is 110 cm³/mol. The van der Waals surface area contributed by atoms with Crippen LogP contribution in [0.1, 0.15) is 16.7 Å². The molecule has 0 radical (unpaired) electrons. The molecule has 0 bridgehead atoms. The Morgan fingerprint density at radius 3 is 2.57 bits per heavy atom. The molecule has 1 aliphatic heterocycles. The van der Waals surface area contributed by atoms with Crippen LogP contribution >= 0.6 is 0 Å². The summed E-state index contributed by atoms with van der Waals surface area (Å²) in [4.78, 5) is 36.7. The first-order valence-electron chi connectivity index (χ1n) is 9.36. The lowest BCUT2D eigenvalue weighted by Gasteiger charge is -2.10. The predicted octanol–water partition coefficient (Wildman–Crippen LogP) is 3.38. The van der Waals surface area contributed by atoms with Crippen molar-refractivity contribution in [2.75, 3.05) is 11.9 Å². The zero-order valence-corrected chi connectivity index (χ0v) is 16.5. The van der Waals surface area contributed by atoms with E-state index in [1.54, 1.807) is 18.2 Å². The fraction of sp³-hybridized carbons (Fsp3) is 0.174. The van der Waals surface area contributed by atoms with E-state index in [1.807, 2.05) is 38.1 Å². The highest BCUT2D eigenvalue weighted by molar-refractivity contribution is 6.19. The van der Waals surface area contributed by atoms with Gasteiger partial charge in [0.2, 0.25) is 11.7 Å². The minimum absolute atomic E-state index is 0.0557. The van der Waals surface area contributed by atoms with E-state index < -0.39 is 17.4 Å². The number of esters is 1. The Morgan fingerprint density at radius 2 is 1.80 bits per heavy atom. The molecule has 3 aromatic rings. The van der Waals surface area contributed by atoms with Crippen molar-refractivity contribution < 1.29 is 23.5 Å². The smallest absolute Gasteiger partial charge is 0.347 e. The van der Waals surface area contributed by atoms with Crippen LogP contribution in [0, 0.1) is 13.8 Å². The molecule has 1 aliphatic rings. The molecule has 2 heterocycles. The number of carbonyl (C=O) groups is 2. The number of hydrogen-bond donors (Lipinski definition) is 1. The number of rotatable bonds is 5. The lowest BCUT2D eigenvalue weighted by Crippen LogP contribution is -2.17. The first-order valence-corrected chi connectivity index (χ1v) is 9.36. The molecule has 2 aromatic carbocycles. The van der Waals surface area contributed by atoms with Crippen molar-refractivity contribution in [1.82, 2.24) is 0 Å². The number of nitrogens with one attached hydrogen (secondary N) is 1. The number of aryl methyl sites for hydroxylation is 2. The highest BCUT2D eigenvalue weighted by atomic mass is 16.5. The molecule has 30 heavy (non-hydrogen) atoms. The number of para-hydroxylation sites is 1. The maximum absolute atomic E-state index is 12.6. The van der Waals surface area contributed by atoms with Crippen LogP contribution in [0.15, 0.2) is 69.2 Å². The van der Waals surface area contributed by atoms with Gasteiger partial charge in [-0.15, -0.1) is 0 Å². The van der Waals surface area contributed by atoms with E-state index in [0.717, 1.165) is 11.1 Å². The monoisotopic (exact) mass is 405 g/mol. The third kappa shape index (κ3) is 3.82. The molecule has 0 saturated heterocycles. The molecule has 7 nitrogen and oxygen atoms in total. The summed E-state index contributed by atoms with van der Waals surface area (Å²) < 4.78 is 15.9. The van der Waals surface area contributed by atoms with Crippen molar-refractivity contribution in [3.8, 4) is 0 Å². The lowest BCUT2D eigenvalue weighted by atomic mass is 10.0. The molecule has 7 heteroatoms. The van der Waals surface area contributed by atoms with E-state index >= 15 is 0 Å². The van der Waals surface area contributed by atoms with Gasteiger partial charge in [-0.1, -0.05) is 18.2 Å². The standard InChI is InChI=1S/C23H19NO6/c1-13-8-17-15(10-20(26)30-19(17)9-14(13)2)11-29-23(27)21-18(25)12-28-22(21)24-16-6-4-3-5-7-16/h3-10,24H,11-12H2,1-2H3. The van der Waals surface area contributed by atoms with E-state index in [0.29, 0.717) is 22.2 Å².